The highest BCUT2D eigenvalue weighted by molar-refractivity contribution is 7.99. The van der Waals surface area contributed by atoms with E-state index in [1.165, 1.54) is 18.2 Å². The normalized spacial score (nSPS) is 16.4. The van der Waals surface area contributed by atoms with Crippen LogP contribution in [0.3, 0.4) is 0 Å². The minimum absolute atomic E-state index is 0.177. The fourth-order valence-electron chi connectivity index (χ4n) is 3.96. The molecular formula is C24H29N5OS. The van der Waals surface area contributed by atoms with E-state index in [0.29, 0.717) is 11.8 Å². The third kappa shape index (κ3) is 4.77. The van der Waals surface area contributed by atoms with E-state index in [0.717, 1.165) is 47.3 Å². The number of para-hydroxylation sites is 1. The van der Waals surface area contributed by atoms with Crippen LogP contribution in [0.2, 0.25) is 0 Å². The summed E-state index contributed by atoms with van der Waals surface area (Å²) in [6.07, 6.45) is 3.38. The molecule has 1 aliphatic heterocycles. The number of nitrogens with zero attached hydrogens (tertiary/aromatic N) is 5. The van der Waals surface area contributed by atoms with Gasteiger partial charge in [0.25, 0.3) is 0 Å². The molecule has 0 bridgehead atoms. The molecule has 2 heterocycles. The van der Waals surface area contributed by atoms with Gasteiger partial charge in [0, 0.05) is 43.6 Å². The summed E-state index contributed by atoms with van der Waals surface area (Å²) in [6.45, 7) is 3.00. The van der Waals surface area contributed by atoms with Gasteiger partial charge in [-0.2, -0.15) is 0 Å². The van der Waals surface area contributed by atoms with Crippen molar-refractivity contribution in [3.63, 3.8) is 0 Å². The lowest BCUT2D eigenvalue weighted by molar-refractivity contribution is -0.131. The number of thioether (sulfide) groups is 1. The van der Waals surface area contributed by atoms with E-state index >= 15 is 0 Å². The van der Waals surface area contributed by atoms with Gasteiger partial charge in [-0.05, 0) is 50.5 Å². The predicted molar refractivity (Wildman–Crippen MR) is 127 cm³/mol. The van der Waals surface area contributed by atoms with Crippen molar-refractivity contribution in [1.29, 1.82) is 0 Å². The van der Waals surface area contributed by atoms with Crippen molar-refractivity contribution in [2.45, 2.75) is 37.4 Å². The number of benzene rings is 2. The Morgan fingerprint density at radius 1 is 1.10 bits per heavy atom. The maximum absolute atomic E-state index is 12.9. The zero-order valence-corrected chi connectivity index (χ0v) is 19.2. The number of carbonyl (C=O) groups excluding carboxylic acids is 1. The number of aromatic nitrogens is 3. The summed E-state index contributed by atoms with van der Waals surface area (Å²) in [7, 11) is 4.05. The summed E-state index contributed by atoms with van der Waals surface area (Å²) in [5.41, 5.74) is 3.08. The van der Waals surface area contributed by atoms with Crippen molar-refractivity contribution in [2.75, 3.05) is 31.3 Å². The van der Waals surface area contributed by atoms with Crippen LogP contribution in [0.1, 0.15) is 26.2 Å². The molecule has 1 aliphatic rings. The first-order chi connectivity index (χ1) is 15.0. The van der Waals surface area contributed by atoms with E-state index in [9.17, 15) is 4.79 Å². The van der Waals surface area contributed by atoms with Crippen molar-refractivity contribution in [2.24, 2.45) is 0 Å². The molecule has 0 radical (unpaired) electrons. The zero-order chi connectivity index (χ0) is 21.8. The maximum atomic E-state index is 12.9. The third-order valence-electron chi connectivity index (χ3n) is 5.72. The molecule has 3 aromatic rings. The first-order valence-corrected chi connectivity index (χ1v) is 11.7. The summed E-state index contributed by atoms with van der Waals surface area (Å²) >= 11 is 1.46. The van der Waals surface area contributed by atoms with Gasteiger partial charge in [0.05, 0.1) is 5.75 Å². The fourth-order valence-corrected chi connectivity index (χ4v) is 4.80. The summed E-state index contributed by atoms with van der Waals surface area (Å²) in [5.74, 6) is 1.32. The number of piperidine rings is 1. The first-order valence-electron chi connectivity index (χ1n) is 10.8. The smallest absolute Gasteiger partial charge is 0.233 e. The molecule has 31 heavy (non-hydrogen) atoms. The summed E-state index contributed by atoms with van der Waals surface area (Å²) < 4.78 is 2.05. The maximum Gasteiger partial charge on any atom is 0.233 e. The molecule has 0 spiro atoms. The van der Waals surface area contributed by atoms with Crippen molar-refractivity contribution >= 4 is 23.4 Å². The van der Waals surface area contributed by atoms with Gasteiger partial charge in [-0.25, -0.2) is 0 Å². The van der Waals surface area contributed by atoms with Crippen LogP contribution >= 0.6 is 11.8 Å². The lowest BCUT2D eigenvalue weighted by atomic mass is 10.0. The van der Waals surface area contributed by atoms with Gasteiger partial charge < -0.3 is 9.80 Å². The molecule has 1 atom stereocenters. The van der Waals surface area contributed by atoms with Crippen molar-refractivity contribution in [3.8, 4) is 17.1 Å². The Kier molecular flexibility index (Phi) is 6.61. The van der Waals surface area contributed by atoms with Gasteiger partial charge in [-0.1, -0.05) is 42.1 Å². The standard InChI is InChI=1S/C24H29N5OS/c1-18-10-7-8-15-28(18)22(30)17-31-24-26-25-23(29(24)20-12-5-4-6-13-20)19-11-9-14-21(16-19)27(2)3/h4-6,9,11-14,16,18H,7-8,10,15,17H2,1-3H3/t18-/m0/s1. The molecule has 2 aromatic carbocycles. The van der Waals surface area contributed by atoms with Crippen LogP contribution in [-0.4, -0.2) is 58.0 Å². The van der Waals surface area contributed by atoms with Crippen LogP contribution in [0.25, 0.3) is 17.1 Å². The van der Waals surface area contributed by atoms with Crippen LogP contribution < -0.4 is 4.90 Å². The molecule has 6 nitrogen and oxygen atoms in total. The summed E-state index contributed by atoms with van der Waals surface area (Å²) in [5, 5.41) is 9.72. The number of hydrogen-bond donors (Lipinski definition) is 0. The van der Waals surface area contributed by atoms with Crippen molar-refractivity contribution in [1.82, 2.24) is 19.7 Å². The SMILES string of the molecule is C[C@H]1CCCCN1C(=O)CSc1nnc(-c2cccc(N(C)C)c2)n1-c1ccccc1. The monoisotopic (exact) mass is 435 g/mol. The quantitative estimate of drug-likeness (QED) is 0.534. The average molecular weight is 436 g/mol. The lowest BCUT2D eigenvalue weighted by Gasteiger charge is -2.33. The zero-order valence-electron chi connectivity index (χ0n) is 18.4. The van der Waals surface area contributed by atoms with Gasteiger partial charge >= 0.3 is 0 Å². The second-order valence-corrected chi connectivity index (χ2v) is 9.09. The highest BCUT2D eigenvalue weighted by Gasteiger charge is 2.24. The van der Waals surface area contributed by atoms with Gasteiger partial charge in [0.15, 0.2) is 11.0 Å². The second kappa shape index (κ2) is 9.56. The Morgan fingerprint density at radius 2 is 1.90 bits per heavy atom. The Bertz CT molecular complexity index is 1030. The van der Waals surface area contributed by atoms with Crippen LogP contribution in [0.5, 0.6) is 0 Å². The van der Waals surface area contributed by atoms with Crippen LogP contribution in [0.15, 0.2) is 59.8 Å². The molecule has 1 fully saturated rings. The fraction of sp³-hybridized carbons (Fsp3) is 0.375. The minimum Gasteiger partial charge on any atom is -0.378 e. The number of anilines is 1. The van der Waals surface area contributed by atoms with Gasteiger partial charge in [0.1, 0.15) is 0 Å². The molecule has 0 saturated carbocycles. The largest absolute Gasteiger partial charge is 0.378 e. The third-order valence-corrected chi connectivity index (χ3v) is 6.63. The molecule has 1 saturated heterocycles. The molecule has 1 aromatic heterocycles. The van der Waals surface area contributed by atoms with E-state index in [4.69, 9.17) is 0 Å². The van der Waals surface area contributed by atoms with E-state index in [1.54, 1.807) is 0 Å². The molecule has 0 aliphatic carbocycles. The highest BCUT2D eigenvalue weighted by Crippen LogP contribution is 2.30. The second-order valence-electron chi connectivity index (χ2n) is 8.14. The molecule has 0 N–H and O–H groups in total. The van der Waals surface area contributed by atoms with Gasteiger partial charge in [-0.15, -0.1) is 10.2 Å². The van der Waals surface area contributed by atoms with Gasteiger partial charge in [0.2, 0.25) is 5.91 Å². The average Bonchev–Trinajstić information content (AvgIpc) is 3.22. The molecule has 162 valence electrons. The van der Waals surface area contributed by atoms with Crippen LogP contribution in [0.4, 0.5) is 5.69 Å². The van der Waals surface area contributed by atoms with Crippen molar-refractivity contribution in [3.05, 3.63) is 54.6 Å². The molecular weight excluding hydrogens is 406 g/mol. The number of rotatable bonds is 6. The molecule has 1 amide bonds. The number of hydrogen-bond acceptors (Lipinski definition) is 5. The highest BCUT2D eigenvalue weighted by atomic mass is 32.2. The Labute approximate surface area is 188 Å². The molecule has 0 unspecified atom stereocenters. The Hall–Kier alpha value is -2.80. The Morgan fingerprint density at radius 3 is 2.65 bits per heavy atom. The lowest BCUT2D eigenvalue weighted by Crippen LogP contribution is -2.42. The Balaban J connectivity index is 1.64. The van der Waals surface area contributed by atoms with Crippen LogP contribution in [-0.2, 0) is 4.79 Å². The van der Waals surface area contributed by atoms with E-state index in [1.807, 2.05) is 66.0 Å². The minimum atomic E-state index is 0.177. The topological polar surface area (TPSA) is 54.3 Å². The van der Waals surface area contributed by atoms with E-state index in [2.05, 4.69) is 34.2 Å². The van der Waals surface area contributed by atoms with Crippen molar-refractivity contribution < 1.29 is 4.79 Å². The van der Waals surface area contributed by atoms with Gasteiger partial charge in [-0.3, -0.25) is 9.36 Å². The van der Waals surface area contributed by atoms with E-state index < -0.39 is 0 Å². The summed E-state index contributed by atoms with van der Waals surface area (Å²) in [6, 6.07) is 18.7. The molecule has 4 rings (SSSR count). The number of likely N-dealkylation sites (tertiary alicyclic amines) is 1. The predicted octanol–water partition coefficient (Wildman–Crippen LogP) is 4.49. The van der Waals surface area contributed by atoms with E-state index in [-0.39, 0.29) is 5.91 Å². The number of carbonyl (C=O) groups is 1. The molecule has 7 heteroatoms. The number of amides is 1. The summed E-state index contributed by atoms with van der Waals surface area (Å²) in [4.78, 5) is 17.0. The van der Waals surface area contributed by atoms with Crippen LogP contribution in [0, 0.1) is 0 Å². The first kappa shape index (κ1) is 21.4.